The molecule has 1 aliphatic rings. The van der Waals surface area contributed by atoms with Gasteiger partial charge in [-0.05, 0) is 18.4 Å². The molecule has 0 aromatic carbocycles. The second kappa shape index (κ2) is 3.74. The van der Waals surface area contributed by atoms with Crippen LogP contribution in [0.2, 0.25) is 0 Å². The van der Waals surface area contributed by atoms with E-state index in [1.165, 1.54) is 7.11 Å². The van der Waals surface area contributed by atoms with Gasteiger partial charge >= 0.3 is 0 Å². The van der Waals surface area contributed by atoms with Gasteiger partial charge in [0.05, 0.1) is 7.11 Å². The van der Waals surface area contributed by atoms with E-state index in [0.717, 1.165) is 6.42 Å². The molecular formula is C10H15FO. The van der Waals surface area contributed by atoms with Crippen LogP contribution in [-0.4, -0.2) is 7.11 Å². The van der Waals surface area contributed by atoms with Crippen LogP contribution in [0.1, 0.15) is 20.3 Å². The summed E-state index contributed by atoms with van der Waals surface area (Å²) in [5.74, 6) is 0.625. The summed E-state index contributed by atoms with van der Waals surface area (Å²) in [6.45, 7) is 4.05. The van der Waals surface area contributed by atoms with E-state index in [0.29, 0.717) is 11.7 Å². The fourth-order valence-corrected chi connectivity index (χ4v) is 1.42. The molecule has 0 N–H and O–H groups in total. The Balaban J connectivity index is 2.83. The van der Waals surface area contributed by atoms with E-state index in [1.54, 1.807) is 6.08 Å². The van der Waals surface area contributed by atoms with Crippen LogP contribution in [0.25, 0.3) is 0 Å². The molecule has 0 spiro atoms. The Hall–Kier alpha value is -0.790. The van der Waals surface area contributed by atoms with Crippen LogP contribution in [0.5, 0.6) is 0 Å². The Bertz CT molecular complexity index is 216. The summed E-state index contributed by atoms with van der Waals surface area (Å²) in [5.41, 5.74) is 0. The lowest BCUT2D eigenvalue weighted by Crippen LogP contribution is -2.13. The molecule has 0 aromatic heterocycles. The summed E-state index contributed by atoms with van der Waals surface area (Å²) < 4.78 is 18.4. The summed E-state index contributed by atoms with van der Waals surface area (Å²) in [6, 6.07) is 0. The maximum absolute atomic E-state index is 13.5. The van der Waals surface area contributed by atoms with Crippen molar-refractivity contribution in [3.8, 4) is 0 Å². The second-order valence-corrected chi connectivity index (χ2v) is 3.40. The Morgan fingerprint density at radius 2 is 2.25 bits per heavy atom. The molecule has 0 radical (unpaired) electrons. The van der Waals surface area contributed by atoms with Crippen molar-refractivity contribution in [2.45, 2.75) is 20.3 Å². The van der Waals surface area contributed by atoms with Crippen LogP contribution in [-0.2, 0) is 4.74 Å². The van der Waals surface area contributed by atoms with Gasteiger partial charge in [-0.2, -0.15) is 0 Å². The number of ether oxygens (including phenoxy) is 1. The van der Waals surface area contributed by atoms with Gasteiger partial charge in [0.1, 0.15) is 11.6 Å². The molecule has 0 bridgehead atoms. The third-order valence-corrected chi connectivity index (χ3v) is 2.24. The third kappa shape index (κ3) is 1.68. The van der Waals surface area contributed by atoms with Crippen molar-refractivity contribution < 1.29 is 9.13 Å². The van der Waals surface area contributed by atoms with Crippen molar-refractivity contribution in [1.29, 1.82) is 0 Å². The van der Waals surface area contributed by atoms with Crippen molar-refractivity contribution in [2.75, 3.05) is 7.11 Å². The molecule has 0 saturated carbocycles. The van der Waals surface area contributed by atoms with Gasteiger partial charge in [0.2, 0.25) is 0 Å². The second-order valence-electron chi connectivity index (χ2n) is 3.40. The molecule has 0 saturated heterocycles. The topological polar surface area (TPSA) is 9.23 Å². The first-order chi connectivity index (χ1) is 5.66. The quantitative estimate of drug-likeness (QED) is 0.619. The largest absolute Gasteiger partial charge is 0.494 e. The average molecular weight is 170 g/mol. The fraction of sp³-hybridized carbons (Fsp3) is 0.600. The molecule has 1 unspecified atom stereocenters. The van der Waals surface area contributed by atoms with Crippen molar-refractivity contribution >= 4 is 0 Å². The zero-order valence-electron chi connectivity index (χ0n) is 7.80. The van der Waals surface area contributed by atoms with Crippen LogP contribution in [0, 0.1) is 11.8 Å². The Kier molecular flexibility index (Phi) is 2.90. The number of allylic oxidation sites excluding steroid dienone is 3. The van der Waals surface area contributed by atoms with E-state index in [-0.39, 0.29) is 11.7 Å². The molecule has 68 valence electrons. The van der Waals surface area contributed by atoms with Crippen LogP contribution < -0.4 is 0 Å². The summed E-state index contributed by atoms with van der Waals surface area (Å²) in [7, 11) is 1.50. The van der Waals surface area contributed by atoms with Crippen LogP contribution in [0.15, 0.2) is 23.7 Å². The first-order valence-electron chi connectivity index (χ1n) is 4.27. The number of halogens is 1. The van der Waals surface area contributed by atoms with E-state index in [9.17, 15) is 4.39 Å². The Morgan fingerprint density at radius 3 is 2.75 bits per heavy atom. The minimum Gasteiger partial charge on any atom is -0.494 e. The predicted molar refractivity (Wildman–Crippen MR) is 47.2 cm³/mol. The van der Waals surface area contributed by atoms with Crippen molar-refractivity contribution in [3.63, 3.8) is 0 Å². The van der Waals surface area contributed by atoms with Gasteiger partial charge in [-0.3, -0.25) is 0 Å². The Morgan fingerprint density at radius 1 is 1.58 bits per heavy atom. The van der Waals surface area contributed by atoms with Crippen molar-refractivity contribution in [1.82, 2.24) is 0 Å². The molecule has 1 rings (SSSR count). The smallest absolute Gasteiger partial charge is 0.150 e. The molecule has 0 amide bonds. The maximum atomic E-state index is 13.5. The van der Waals surface area contributed by atoms with E-state index >= 15 is 0 Å². The lowest BCUT2D eigenvalue weighted by molar-refractivity contribution is 0.257. The zero-order valence-corrected chi connectivity index (χ0v) is 7.80. The van der Waals surface area contributed by atoms with Crippen LogP contribution in [0.3, 0.4) is 0 Å². The lowest BCUT2D eigenvalue weighted by atomic mass is 9.88. The van der Waals surface area contributed by atoms with Gasteiger partial charge in [-0.1, -0.05) is 19.9 Å². The molecule has 1 aliphatic carbocycles. The SMILES string of the molecule is COC1=C(F)C(C(C)C)CC=C1. The number of hydrogen-bond donors (Lipinski definition) is 0. The van der Waals surface area contributed by atoms with Crippen molar-refractivity contribution in [3.05, 3.63) is 23.7 Å². The van der Waals surface area contributed by atoms with Gasteiger partial charge in [0.25, 0.3) is 0 Å². The van der Waals surface area contributed by atoms with Crippen LogP contribution >= 0.6 is 0 Å². The standard InChI is InChI=1S/C10H15FO/c1-7(2)8-5-4-6-9(12-3)10(8)11/h4,6-8H,5H2,1-3H3. The summed E-state index contributed by atoms with van der Waals surface area (Å²) in [4.78, 5) is 0. The van der Waals surface area contributed by atoms with Gasteiger partial charge in [-0.25, -0.2) is 4.39 Å². The molecular weight excluding hydrogens is 155 g/mol. The van der Waals surface area contributed by atoms with E-state index < -0.39 is 0 Å². The highest BCUT2D eigenvalue weighted by molar-refractivity contribution is 5.23. The first kappa shape index (κ1) is 9.30. The van der Waals surface area contributed by atoms with E-state index in [2.05, 4.69) is 0 Å². The fourth-order valence-electron chi connectivity index (χ4n) is 1.42. The molecule has 2 heteroatoms. The molecule has 0 heterocycles. The summed E-state index contributed by atoms with van der Waals surface area (Å²) in [5, 5.41) is 0. The minimum atomic E-state index is -0.102. The summed E-state index contributed by atoms with van der Waals surface area (Å²) in [6.07, 6.45) is 4.46. The highest BCUT2D eigenvalue weighted by Gasteiger charge is 2.23. The first-order valence-corrected chi connectivity index (χ1v) is 4.27. The molecule has 0 aliphatic heterocycles. The molecule has 1 atom stereocenters. The van der Waals surface area contributed by atoms with E-state index in [1.807, 2.05) is 19.9 Å². The molecule has 12 heavy (non-hydrogen) atoms. The normalized spacial score (nSPS) is 23.6. The predicted octanol–water partition coefficient (Wildman–Crippen LogP) is 3.05. The lowest BCUT2D eigenvalue weighted by Gasteiger charge is -2.21. The zero-order chi connectivity index (χ0) is 9.14. The monoisotopic (exact) mass is 170 g/mol. The number of hydrogen-bond acceptors (Lipinski definition) is 1. The molecule has 1 nitrogen and oxygen atoms in total. The highest BCUT2D eigenvalue weighted by Crippen LogP contribution is 2.32. The Labute approximate surface area is 72.9 Å². The maximum Gasteiger partial charge on any atom is 0.150 e. The van der Waals surface area contributed by atoms with Crippen molar-refractivity contribution in [2.24, 2.45) is 11.8 Å². The van der Waals surface area contributed by atoms with Gasteiger partial charge in [0.15, 0.2) is 0 Å². The highest BCUT2D eigenvalue weighted by atomic mass is 19.1. The number of rotatable bonds is 2. The third-order valence-electron chi connectivity index (χ3n) is 2.24. The average Bonchev–Trinajstić information content (AvgIpc) is 2.04. The molecule has 0 aromatic rings. The van der Waals surface area contributed by atoms with E-state index in [4.69, 9.17) is 4.74 Å². The molecule has 0 fully saturated rings. The van der Waals surface area contributed by atoms with Gasteiger partial charge in [-0.15, -0.1) is 0 Å². The van der Waals surface area contributed by atoms with Crippen LogP contribution in [0.4, 0.5) is 4.39 Å². The number of methoxy groups -OCH3 is 1. The summed E-state index contributed by atoms with van der Waals surface area (Å²) >= 11 is 0. The van der Waals surface area contributed by atoms with Gasteiger partial charge < -0.3 is 4.74 Å². The van der Waals surface area contributed by atoms with Gasteiger partial charge in [0, 0.05) is 5.92 Å². The minimum absolute atomic E-state index is 0.00458.